The van der Waals surface area contributed by atoms with Crippen LogP contribution in [0.2, 0.25) is 0 Å². The Kier molecular flexibility index (Phi) is 11.6. The predicted octanol–water partition coefficient (Wildman–Crippen LogP) is 2.02. The first kappa shape index (κ1) is 30.3. The molecular weight excluding hydrogens is 512 g/mol. The third-order valence-electron chi connectivity index (χ3n) is 4.12. The summed E-state index contributed by atoms with van der Waals surface area (Å²) in [5.74, 6) is -7.01. The largest absolute Gasteiger partial charge is 0.490 e. The highest BCUT2D eigenvalue weighted by molar-refractivity contribution is 7.99. The standard InChI is InChI=1S/C19H23F6N3O6S/c1-28(2)16(34-17(32)19(23,24)25)15(31)27-12(14(30)26-9-11-5-3-7-33-11)6-4-8-35-10-13(29)18(20,21)22/h3,5,7,12,16H,4,6,8-10H2,1-2H3,(H,26,30)(H,27,31)/t12-,16?/m0/s1. The van der Waals surface area contributed by atoms with E-state index in [1.54, 1.807) is 12.1 Å². The number of esters is 1. The van der Waals surface area contributed by atoms with Crippen LogP contribution in [0.3, 0.4) is 0 Å². The van der Waals surface area contributed by atoms with Crippen molar-refractivity contribution in [2.24, 2.45) is 0 Å². The number of nitrogens with one attached hydrogen (secondary N) is 2. The second-order valence-electron chi connectivity index (χ2n) is 7.19. The molecule has 0 aliphatic heterocycles. The van der Waals surface area contributed by atoms with Gasteiger partial charge < -0.3 is 19.8 Å². The summed E-state index contributed by atoms with van der Waals surface area (Å²) >= 11 is 0.663. The van der Waals surface area contributed by atoms with E-state index >= 15 is 0 Å². The molecule has 35 heavy (non-hydrogen) atoms. The monoisotopic (exact) mass is 535 g/mol. The van der Waals surface area contributed by atoms with Gasteiger partial charge in [0.2, 0.25) is 17.9 Å². The molecule has 0 radical (unpaired) electrons. The number of carbonyl (C=O) groups is 4. The number of hydrogen-bond acceptors (Lipinski definition) is 8. The highest BCUT2D eigenvalue weighted by Crippen LogP contribution is 2.20. The Morgan fingerprint density at radius 3 is 2.26 bits per heavy atom. The van der Waals surface area contributed by atoms with Crippen molar-refractivity contribution in [1.29, 1.82) is 0 Å². The number of likely N-dealkylation sites (N-methyl/N-ethyl adjacent to an activating group) is 1. The number of ether oxygens (including phenoxy) is 1. The van der Waals surface area contributed by atoms with E-state index < -0.39 is 53.9 Å². The first-order valence-electron chi connectivity index (χ1n) is 9.85. The number of alkyl halides is 6. The molecule has 2 atom stereocenters. The zero-order valence-electron chi connectivity index (χ0n) is 18.5. The quantitative estimate of drug-likeness (QED) is 0.171. The number of thioether (sulfide) groups is 1. The van der Waals surface area contributed by atoms with Crippen LogP contribution in [0.15, 0.2) is 22.8 Å². The molecule has 0 saturated heterocycles. The SMILES string of the molecule is CN(C)C(OC(=O)C(F)(F)F)C(=O)N[C@@H](CCCSCC(=O)C(F)(F)F)C(=O)NCc1ccco1. The molecule has 1 heterocycles. The number of rotatable bonds is 13. The fraction of sp³-hybridized carbons (Fsp3) is 0.579. The Bertz CT molecular complexity index is 860. The minimum Gasteiger partial charge on any atom is -0.467 e. The molecule has 198 valence electrons. The summed E-state index contributed by atoms with van der Waals surface area (Å²) in [5.41, 5.74) is 0. The molecule has 1 unspecified atom stereocenters. The van der Waals surface area contributed by atoms with Crippen LogP contribution in [0, 0.1) is 0 Å². The minimum atomic E-state index is -5.36. The lowest BCUT2D eigenvalue weighted by atomic mass is 10.1. The van der Waals surface area contributed by atoms with E-state index in [1.165, 1.54) is 6.26 Å². The summed E-state index contributed by atoms with van der Waals surface area (Å²) in [6, 6.07) is 1.75. The van der Waals surface area contributed by atoms with Gasteiger partial charge in [-0.15, -0.1) is 0 Å². The van der Waals surface area contributed by atoms with Gasteiger partial charge in [0.25, 0.3) is 5.91 Å². The van der Waals surface area contributed by atoms with E-state index in [1.807, 2.05) is 0 Å². The molecule has 16 heteroatoms. The van der Waals surface area contributed by atoms with Crippen molar-refractivity contribution in [2.75, 3.05) is 25.6 Å². The van der Waals surface area contributed by atoms with Gasteiger partial charge in [-0.3, -0.25) is 19.3 Å². The van der Waals surface area contributed by atoms with Crippen molar-refractivity contribution in [3.8, 4) is 0 Å². The second-order valence-corrected chi connectivity index (χ2v) is 8.30. The van der Waals surface area contributed by atoms with Gasteiger partial charge in [0.15, 0.2) is 0 Å². The fourth-order valence-electron chi connectivity index (χ4n) is 2.42. The van der Waals surface area contributed by atoms with Crippen molar-refractivity contribution < 1.29 is 54.7 Å². The van der Waals surface area contributed by atoms with Crippen LogP contribution in [0.1, 0.15) is 18.6 Å². The van der Waals surface area contributed by atoms with Crippen LogP contribution in [-0.2, 0) is 30.5 Å². The lowest BCUT2D eigenvalue weighted by molar-refractivity contribution is -0.211. The Labute approximate surface area is 199 Å². The normalized spacial score (nSPS) is 13.7. The van der Waals surface area contributed by atoms with Gasteiger partial charge in [0, 0.05) is 0 Å². The Morgan fingerprint density at radius 2 is 1.74 bits per heavy atom. The molecule has 0 spiro atoms. The van der Waals surface area contributed by atoms with Crippen molar-refractivity contribution >= 4 is 35.3 Å². The van der Waals surface area contributed by atoms with Crippen LogP contribution < -0.4 is 10.6 Å². The van der Waals surface area contributed by atoms with Crippen LogP contribution >= 0.6 is 11.8 Å². The van der Waals surface area contributed by atoms with E-state index in [0.29, 0.717) is 17.5 Å². The molecule has 0 aliphatic rings. The van der Waals surface area contributed by atoms with E-state index in [-0.39, 0.29) is 25.1 Å². The molecule has 0 bridgehead atoms. The van der Waals surface area contributed by atoms with Crippen LogP contribution in [-0.4, -0.2) is 78.7 Å². The fourth-order valence-corrected chi connectivity index (χ4v) is 3.28. The number of amides is 2. The van der Waals surface area contributed by atoms with Crippen molar-refractivity contribution in [2.45, 2.75) is 44.0 Å². The zero-order valence-corrected chi connectivity index (χ0v) is 19.3. The second kappa shape index (κ2) is 13.4. The van der Waals surface area contributed by atoms with Crippen LogP contribution in [0.25, 0.3) is 0 Å². The first-order chi connectivity index (χ1) is 16.1. The molecule has 0 aliphatic carbocycles. The van der Waals surface area contributed by atoms with E-state index in [4.69, 9.17) is 4.42 Å². The third-order valence-corrected chi connectivity index (χ3v) is 5.17. The summed E-state index contributed by atoms with van der Waals surface area (Å²) < 4.78 is 83.6. The first-order valence-corrected chi connectivity index (χ1v) is 11.0. The van der Waals surface area contributed by atoms with Crippen molar-refractivity contribution in [3.63, 3.8) is 0 Å². The molecule has 1 aromatic heterocycles. The van der Waals surface area contributed by atoms with Crippen molar-refractivity contribution in [1.82, 2.24) is 15.5 Å². The summed E-state index contributed by atoms with van der Waals surface area (Å²) in [6.07, 6.45) is -11.1. The summed E-state index contributed by atoms with van der Waals surface area (Å²) in [6.45, 7) is -0.0901. The minimum absolute atomic E-state index is 0.0137. The molecule has 0 aromatic carbocycles. The molecule has 1 rings (SSSR count). The van der Waals surface area contributed by atoms with E-state index in [9.17, 15) is 45.5 Å². The van der Waals surface area contributed by atoms with E-state index in [0.717, 1.165) is 19.0 Å². The van der Waals surface area contributed by atoms with Gasteiger partial charge in [-0.2, -0.15) is 38.1 Å². The van der Waals surface area contributed by atoms with Gasteiger partial charge in [0.05, 0.1) is 18.6 Å². The summed E-state index contributed by atoms with van der Waals surface area (Å²) in [5, 5.41) is 4.63. The van der Waals surface area contributed by atoms with Gasteiger partial charge in [-0.25, -0.2) is 4.79 Å². The zero-order chi connectivity index (χ0) is 26.8. The maximum absolute atomic E-state index is 12.6. The molecule has 2 N–H and O–H groups in total. The van der Waals surface area contributed by atoms with Gasteiger partial charge in [-0.1, -0.05) is 0 Å². The number of halogens is 6. The van der Waals surface area contributed by atoms with Gasteiger partial charge in [-0.05, 0) is 44.8 Å². The lowest BCUT2D eigenvalue weighted by Gasteiger charge is -2.26. The number of furan rings is 1. The van der Waals surface area contributed by atoms with Gasteiger partial charge >= 0.3 is 18.3 Å². The topological polar surface area (TPSA) is 118 Å². The lowest BCUT2D eigenvalue weighted by Crippen LogP contribution is -2.54. The summed E-state index contributed by atoms with van der Waals surface area (Å²) in [7, 11) is 2.32. The van der Waals surface area contributed by atoms with Crippen LogP contribution in [0.4, 0.5) is 26.3 Å². The maximum Gasteiger partial charge on any atom is 0.490 e. The summed E-state index contributed by atoms with van der Waals surface area (Å²) in [4.78, 5) is 48.0. The van der Waals surface area contributed by atoms with E-state index in [2.05, 4.69) is 15.4 Å². The Hall–Kier alpha value is -2.75. The van der Waals surface area contributed by atoms with Crippen molar-refractivity contribution in [3.05, 3.63) is 24.2 Å². The molecule has 1 aromatic rings. The highest BCUT2D eigenvalue weighted by atomic mass is 32.2. The van der Waals surface area contributed by atoms with Gasteiger partial charge in [0.1, 0.15) is 11.8 Å². The molecular formula is C19H23F6N3O6S. The predicted molar refractivity (Wildman–Crippen MR) is 110 cm³/mol. The number of carbonyl (C=O) groups excluding carboxylic acids is 4. The molecule has 0 saturated carbocycles. The highest BCUT2D eigenvalue weighted by Gasteiger charge is 2.44. The Morgan fingerprint density at radius 1 is 1.09 bits per heavy atom. The number of hydrogen-bond donors (Lipinski definition) is 2. The average molecular weight is 535 g/mol. The smallest absolute Gasteiger partial charge is 0.467 e. The molecule has 2 amide bonds. The average Bonchev–Trinajstić information content (AvgIpc) is 3.26. The van der Waals surface area contributed by atoms with Crippen LogP contribution in [0.5, 0.6) is 0 Å². The Balaban J connectivity index is 2.80. The number of nitrogens with zero attached hydrogens (tertiary/aromatic N) is 1. The third kappa shape index (κ3) is 11.0. The maximum atomic E-state index is 12.6. The molecule has 0 fully saturated rings. The molecule has 9 nitrogen and oxygen atoms in total. The number of Topliss-reactive ketones (excluding diaryl/α,β-unsaturated/α-hetero) is 1. The number of ketones is 1.